The Labute approximate surface area is 92.6 Å². The van der Waals surface area contributed by atoms with Crippen molar-refractivity contribution < 1.29 is 8.87 Å². The SMILES string of the molecule is CC[C@@H]1CCN(C2C[N+](C)(C)C2)C[C@@H]1F. The van der Waals surface area contributed by atoms with E-state index in [-0.39, 0.29) is 0 Å². The van der Waals surface area contributed by atoms with Crippen molar-refractivity contribution in [3.05, 3.63) is 0 Å². The maximum absolute atomic E-state index is 13.8. The van der Waals surface area contributed by atoms with Crippen LogP contribution in [0.3, 0.4) is 0 Å². The molecule has 88 valence electrons. The maximum atomic E-state index is 13.8. The van der Waals surface area contributed by atoms with Crippen LogP contribution in [0.2, 0.25) is 0 Å². The molecule has 2 atom stereocenters. The van der Waals surface area contributed by atoms with Gasteiger partial charge in [0.1, 0.15) is 12.2 Å². The normalized spacial score (nSPS) is 37.6. The van der Waals surface area contributed by atoms with Gasteiger partial charge in [-0.1, -0.05) is 13.3 Å². The number of alkyl halides is 1. The zero-order valence-electron chi connectivity index (χ0n) is 10.2. The lowest BCUT2D eigenvalue weighted by Gasteiger charge is -2.50. The Morgan fingerprint density at radius 2 is 2.00 bits per heavy atom. The van der Waals surface area contributed by atoms with Gasteiger partial charge in [-0.2, -0.15) is 0 Å². The molecule has 0 radical (unpaired) electrons. The highest BCUT2D eigenvalue weighted by Gasteiger charge is 2.43. The molecule has 2 heterocycles. The van der Waals surface area contributed by atoms with Crippen molar-refractivity contribution in [3.63, 3.8) is 0 Å². The van der Waals surface area contributed by atoms with Crippen LogP contribution in [0.5, 0.6) is 0 Å². The van der Waals surface area contributed by atoms with E-state index in [1.807, 2.05) is 0 Å². The Hall–Kier alpha value is -0.150. The van der Waals surface area contributed by atoms with Gasteiger partial charge >= 0.3 is 0 Å². The first kappa shape index (κ1) is 11.3. The van der Waals surface area contributed by atoms with Gasteiger partial charge < -0.3 is 4.48 Å². The molecule has 0 bridgehead atoms. The van der Waals surface area contributed by atoms with E-state index in [0.29, 0.717) is 18.5 Å². The molecule has 2 rings (SSSR count). The van der Waals surface area contributed by atoms with Crippen LogP contribution < -0.4 is 0 Å². The minimum absolute atomic E-state index is 0.323. The molecule has 2 saturated heterocycles. The predicted octanol–water partition coefficient (Wildman–Crippen LogP) is 1.52. The molecule has 2 aliphatic heterocycles. The number of piperidine rings is 1. The van der Waals surface area contributed by atoms with Gasteiger partial charge in [-0.15, -0.1) is 0 Å². The van der Waals surface area contributed by atoms with Gasteiger partial charge in [-0.3, -0.25) is 4.90 Å². The first-order valence-corrected chi connectivity index (χ1v) is 6.22. The third kappa shape index (κ3) is 2.34. The lowest BCUT2D eigenvalue weighted by molar-refractivity contribution is -0.934. The largest absolute Gasteiger partial charge is 0.325 e. The zero-order valence-corrected chi connectivity index (χ0v) is 10.2. The predicted molar refractivity (Wildman–Crippen MR) is 60.5 cm³/mol. The van der Waals surface area contributed by atoms with Crippen LogP contribution in [0.25, 0.3) is 0 Å². The van der Waals surface area contributed by atoms with Crippen LogP contribution in [0.1, 0.15) is 19.8 Å². The van der Waals surface area contributed by atoms with Gasteiger partial charge in [-0.05, 0) is 18.9 Å². The summed E-state index contributed by atoms with van der Waals surface area (Å²) in [7, 11) is 4.50. The van der Waals surface area contributed by atoms with E-state index in [1.165, 1.54) is 13.1 Å². The fourth-order valence-electron chi connectivity index (χ4n) is 3.09. The summed E-state index contributed by atoms with van der Waals surface area (Å²) < 4.78 is 14.9. The second kappa shape index (κ2) is 4.02. The monoisotopic (exact) mass is 215 g/mol. The Bertz CT molecular complexity index is 222. The summed E-state index contributed by atoms with van der Waals surface area (Å²) >= 11 is 0. The quantitative estimate of drug-likeness (QED) is 0.631. The van der Waals surface area contributed by atoms with Crippen molar-refractivity contribution in [2.24, 2.45) is 5.92 Å². The maximum Gasteiger partial charge on any atom is 0.116 e. The second-order valence-electron chi connectivity index (χ2n) is 5.92. The molecule has 15 heavy (non-hydrogen) atoms. The van der Waals surface area contributed by atoms with Crippen molar-refractivity contribution in [1.29, 1.82) is 0 Å². The van der Waals surface area contributed by atoms with Crippen molar-refractivity contribution >= 4 is 0 Å². The molecule has 2 fully saturated rings. The summed E-state index contributed by atoms with van der Waals surface area (Å²) in [6.07, 6.45) is 1.47. The fraction of sp³-hybridized carbons (Fsp3) is 1.00. The molecule has 0 unspecified atom stereocenters. The molecule has 0 aromatic rings. The van der Waals surface area contributed by atoms with E-state index in [2.05, 4.69) is 25.9 Å². The number of likely N-dealkylation sites (tertiary alicyclic amines) is 2. The Morgan fingerprint density at radius 1 is 1.33 bits per heavy atom. The minimum atomic E-state index is -0.583. The number of nitrogens with zero attached hydrogens (tertiary/aromatic N) is 2. The number of hydrogen-bond acceptors (Lipinski definition) is 1. The molecule has 2 aliphatic rings. The van der Waals surface area contributed by atoms with E-state index in [1.54, 1.807) is 0 Å². The molecule has 0 N–H and O–H groups in total. The number of quaternary nitrogens is 1. The molecule has 0 aliphatic carbocycles. The summed E-state index contributed by atoms with van der Waals surface area (Å²) in [6.45, 7) is 6.30. The Kier molecular flexibility index (Phi) is 3.04. The third-order valence-corrected chi connectivity index (χ3v) is 4.16. The lowest BCUT2D eigenvalue weighted by Crippen LogP contribution is -2.68. The van der Waals surface area contributed by atoms with Gasteiger partial charge in [0.2, 0.25) is 0 Å². The standard InChI is InChI=1S/C12H24FN2/c1-4-10-5-6-14(7-12(10)13)11-8-15(2,3)9-11/h10-12H,4-9H2,1-3H3/q+1/t10-,12+/m1/s1. The summed E-state index contributed by atoms with van der Waals surface area (Å²) in [4.78, 5) is 2.38. The molecule has 0 amide bonds. The number of halogens is 1. The van der Waals surface area contributed by atoms with E-state index < -0.39 is 6.17 Å². The fourth-order valence-corrected chi connectivity index (χ4v) is 3.09. The van der Waals surface area contributed by atoms with E-state index in [0.717, 1.165) is 23.9 Å². The Morgan fingerprint density at radius 3 is 2.47 bits per heavy atom. The minimum Gasteiger partial charge on any atom is -0.325 e. The second-order valence-corrected chi connectivity index (χ2v) is 5.92. The van der Waals surface area contributed by atoms with Crippen LogP contribution in [0.15, 0.2) is 0 Å². The van der Waals surface area contributed by atoms with Crippen molar-refractivity contribution in [2.75, 3.05) is 40.3 Å². The first-order valence-electron chi connectivity index (χ1n) is 6.22. The summed E-state index contributed by atoms with van der Waals surface area (Å²) in [5, 5.41) is 0. The highest BCUT2D eigenvalue weighted by molar-refractivity contribution is 4.86. The van der Waals surface area contributed by atoms with Gasteiger partial charge in [0.25, 0.3) is 0 Å². The van der Waals surface area contributed by atoms with Gasteiger partial charge in [0, 0.05) is 6.54 Å². The van der Waals surface area contributed by atoms with Gasteiger partial charge in [0.05, 0.1) is 27.2 Å². The molecule has 0 spiro atoms. The van der Waals surface area contributed by atoms with Crippen molar-refractivity contribution in [3.8, 4) is 0 Å². The molecule has 0 saturated carbocycles. The summed E-state index contributed by atoms with van der Waals surface area (Å²) in [5.74, 6) is 0.323. The average Bonchev–Trinajstić information content (AvgIpc) is 2.14. The zero-order chi connectivity index (χ0) is 11.1. The molecule has 2 nitrogen and oxygen atoms in total. The number of likely N-dealkylation sites (N-methyl/N-ethyl adjacent to an activating group) is 1. The van der Waals surface area contributed by atoms with Crippen LogP contribution >= 0.6 is 0 Å². The average molecular weight is 215 g/mol. The molecule has 3 heteroatoms. The molecular formula is C12H24FN2+. The van der Waals surface area contributed by atoms with Gasteiger partial charge in [-0.25, -0.2) is 4.39 Å². The van der Waals surface area contributed by atoms with Crippen molar-refractivity contribution in [2.45, 2.75) is 32.0 Å². The van der Waals surface area contributed by atoms with Crippen molar-refractivity contribution in [1.82, 2.24) is 4.90 Å². The third-order valence-electron chi connectivity index (χ3n) is 4.16. The Balaban J connectivity index is 1.82. The highest BCUT2D eigenvalue weighted by atomic mass is 19.1. The molecule has 0 aromatic heterocycles. The van der Waals surface area contributed by atoms with E-state index >= 15 is 0 Å². The highest BCUT2D eigenvalue weighted by Crippen LogP contribution is 2.28. The number of rotatable bonds is 2. The molecular weight excluding hydrogens is 191 g/mol. The van der Waals surface area contributed by atoms with E-state index in [9.17, 15) is 4.39 Å². The van der Waals surface area contributed by atoms with Crippen LogP contribution in [0.4, 0.5) is 4.39 Å². The smallest absolute Gasteiger partial charge is 0.116 e. The summed E-state index contributed by atoms with van der Waals surface area (Å²) in [6, 6.07) is 0.649. The first-order chi connectivity index (χ1) is 7.02. The van der Waals surface area contributed by atoms with Crippen LogP contribution in [0, 0.1) is 5.92 Å². The van der Waals surface area contributed by atoms with E-state index in [4.69, 9.17) is 0 Å². The molecule has 0 aromatic carbocycles. The van der Waals surface area contributed by atoms with Crippen LogP contribution in [-0.4, -0.2) is 61.9 Å². The van der Waals surface area contributed by atoms with Crippen LogP contribution in [-0.2, 0) is 0 Å². The lowest BCUT2D eigenvalue weighted by atomic mass is 9.90. The topological polar surface area (TPSA) is 3.24 Å². The van der Waals surface area contributed by atoms with Gasteiger partial charge in [0.15, 0.2) is 0 Å². The summed E-state index contributed by atoms with van der Waals surface area (Å²) in [5.41, 5.74) is 0. The number of hydrogen-bond donors (Lipinski definition) is 0.